The number of fused-ring (bicyclic) bond motifs is 4. The molecule has 0 heteroatoms. The van der Waals surface area contributed by atoms with Gasteiger partial charge in [-0.3, -0.25) is 0 Å². The van der Waals surface area contributed by atoms with Crippen molar-refractivity contribution in [2.45, 2.75) is 88.5 Å². The molecular formula is C37H48. The fourth-order valence-electron chi connectivity index (χ4n) is 6.37. The predicted octanol–water partition coefficient (Wildman–Crippen LogP) is 12.1. The molecule has 0 bridgehead atoms. The molecule has 0 radical (unpaired) electrons. The lowest BCUT2D eigenvalue weighted by Gasteiger charge is -2.23. The first-order valence-corrected chi connectivity index (χ1v) is 15.0. The van der Waals surface area contributed by atoms with Crippen molar-refractivity contribution >= 4 is 0 Å². The fourth-order valence-corrected chi connectivity index (χ4v) is 6.37. The van der Waals surface area contributed by atoms with Crippen LogP contribution in [0.2, 0.25) is 0 Å². The molecule has 0 aromatic heterocycles. The van der Waals surface area contributed by atoms with E-state index in [-0.39, 0.29) is 5.41 Å². The van der Waals surface area contributed by atoms with E-state index in [1.807, 2.05) is 83.1 Å². The van der Waals surface area contributed by atoms with Gasteiger partial charge in [-0.1, -0.05) is 156 Å². The Hall–Kier alpha value is -3.12. The van der Waals surface area contributed by atoms with Crippen molar-refractivity contribution in [2.75, 3.05) is 0 Å². The minimum atomic E-state index is -0.0320. The smallest absolute Gasteiger partial charge is 0.0683 e. The molecule has 0 amide bonds. The molecule has 4 aromatic carbocycles. The molecule has 0 heterocycles. The Balaban J connectivity index is 0.000000359. The van der Waals surface area contributed by atoms with Crippen LogP contribution in [-0.2, 0) is 5.41 Å². The quantitative estimate of drug-likeness (QED) is 0.197. The van der Waals surface area contributed by atoms with E-state index < -0.39 is 0 Å². The highest BCUT2D eigenvalue weighted by Gasteiger charge is 2.61. The fraction of sp³-hybridized carbons (Fsp3) is 0.351. The van der Waals surface area contributed by atoms with Gasteiger partial charge in [0, 0.05) is 0 Å². The molecule has 4 aromatic rings. The zero-order valence-electron chi connectivity index (χ0n) is 25.4. The summed E-state index contributed by atoms with van der Waals surface area (Å²) in [6, 6.07) is 27.6. The molecule has 0 aliphatic heterocycles. The van der Waals surface area contributed by atoms with Crippen molar-refractivity contribution in [3.8, 4) is 44.5 Å². The van der Waals surface area contributed by atoms with Crippen LogP contribution in [0.5, 0.6) is 0 Å². The maximum atomic E-state index is 2.33. The van der Waals surface area contributed by atoms with Crippen molar-refractivity contribution in [1.82, 2.24) is 0 Å². The van der Waals surface area contributed by atoms with Crippen molar-refractivity contribution in [1.29, 1.82) is 0 Å². The van der Waals surface area contributed by atoms with Gasteiger partial charge in [0.05, 0.1) is 5.41 Å². The van der Waals surface area contributed by atoms with Crippen LogP contribution in [0.25, 0.3) is 44.5 Å². The van der Waals surface area contributed by atoms with Crippen LogP contribution in [0.15, 0.2) is 72.8 Å². The first kappa shape index (κ1) is 30.1. The van der Waals surface area contributed by atoms with E-state index in [1.165, 1.54) is 44.5 Å². The molecular weight excluding hydrogens is 444 g/mol. The topological polar surface area (TPSA) is 0 Å². The van der Waals surface area contributed by atoms with E-state index in [9.17, 15) is 0 Å². The molecule has 0 N–H and O–H groups in total. The van der Waals surface area contributed by atoms with Crippen LogP contribution < -0.4 is 0 Å². The molecule has 4 aliphatic carbocycles. The average Bonchev–Trinajstić information content (AvgIpc) is 3.71. The third kappa shape index (κ3) is 3.63. The lowest BCUT2D eigenvalue weighted by Crippen LogP contribution is -2.20. The van der Waals surface area contributed by atoms with Crippen molar-refractivity contribution in [3.05, 3.63) is 95.1 Å². The maximum absolute atomic E-state index is 2.33. The first-order valence-electron chi connectivity index (χ1n) is 15.0. The van der Waals surface area contributed by atoms with E-state index in [0.717, 1.165) is 0 Å². The molecule has 4 aliphatic rings. The summed E-state index contributed by atoms with van der Waals surface area (Å²) in [6.45, 7) is 24.0. The van der Waals surface area contributed by atoms with Crippen LogP contribution in [0.3, 0.4) is 0 Å². The van der Waals surface area contributed by atoms with Crippen LogP contribution in [0, 0.1) is 0 Å². The minimum absolute atomic E-state index is 0.0320. The molecule has 0 unspecified atom stereocenters. The van der Waals surface area contributed by atoms with Crippen LogP contribution in [-0.4, -0.2) is 0 Å². The normalized spacial score (nSPS) is 12.0. The number of hydrogen-bond donors (Lipinski definition) is 0. The Morgan fingerprint density at radius 3 is 0.541 bits per heavy atom. The van der Waals surface area contributed by atoms with Crippen molar-refractivity contribution in [3.63, 3.8) is 0 Å². The van der Waals surface area contributed by atoms with Gasteiger partial charge in [-0.25, -0.2) is 0 Å². The highest BCUT2D eigenvalue weighted by Crippen LogP contribution is 2.74. The summed E-state index contributed by atoms with van der Waals surface area (Å²) in [5.41, 5.74) is 17.7. The van der Waals surface area contributed by atoms with E-state index in [2.05, 4.69) is 72.8 Å². The molecule has 0 atom stereocenters. The van der Waals surface area contributed by atoms with Crippen LogP contribution in [0.4, 0.5) is 0 Å². The van der Waals surface area contributed by atoms with Gasteiger partial charge in [0.25, 0.3) is 0 Å². The van der Waals surface area contributed by atoms with Gasteiger partial charge in [0.2, 0.25) is 0 Å². The van der Waals surface area contributed by atoms with Crippen LogP contribution >= 0.6 is 0 Å². The summed E-state index contributed by atoms with van der Waals surface area (Å²) < 4.78 is 0. The number of benzene rings is 4. The third-order valence-electron chi connectivity index (χ3n) is 6.92. The molecule has 0 saturated heterocycles. The number of hydrogen-bond acceptors (Lipinski definition) is 0. The van der Waals surface area contributed by atoms with E-state index in [0.29, 0.717) is 0 Å². The predicted molar refractivity (Wildman–Crippen MR) is 169 cm³/mol. The summed E-state index contributed by atoms with van der Waals surface area (Å²) in [4.78, 5) is 0. The molecule has 37 heavy (non-hydrogen) atoms. The number of rotatable bonds is 0. The molecule has 196 valence electrons. The van der Waals surface area contributed by atoms with E-state index >= 15 is 0 Å². The summed E-state index contributed by atoms with van der Waals surface area (Å²) in [5, 5.41) is 0. The monoisotopic (exact) mass is 492 g/mol. The molecule has 8 rings (SSSR count). The van der Waals surface area contributed by atoms with Gasteiger partial charge in [0.15, 0.2) is 0 Å². The highest BCUT2D eigenvalue weighted by atomic mass is 14.6. The standard InChI is InChI=1S/C25H12.6C2H6/c1-5-13-15-7-2-9-17-19-11-4-12-20-18-10-3-8-16-14(6-1)21(13)25(22(15)17,23(16)18)24(19)20;6*1-2/h1-12H;6*1-2H3. The molecule has 1 spiro atoms. The van der Waals surface area contributed by atoms with Gasteiger partial charge < -0.3 is 0 Å². The van der Waals surface area contributed by atoms with Gasteiger partial charge in [0.1, 0.15) is 0 Å². The second-order valence-corrected chi connectivity index (χ2v) is 7.66. The average molecular weight is 493 g/mol. The second kappa shape index (κ2) is 12.9. The lowest BCUT2D eigenvalue weighted by molar-refractivity contribution is 0.844. The Kier molecular flexibility index (Phi) is 10.5. The Morgan fingerprint density at radius 2 is 0.405 bits per heavy atom. The lowest BCUT2D eigenvalue weighted by atomic mass is 9.76. The summed E-state index contributed by atoms with van der Waals surface area (Å²) in [7, 11) is 0. The molecule has 0 nitrogen and oxygen atoms in total. The van der Waals surface area contributed by atoms with E-state index in [1.54, 1.807) is 22.3 Å². The second-order valence-electron chi connectivity index (χ2n) is 7.66. The Labute approximate surface area is 227 Å². The summed E-state index contributed by atoms with van der Waals surface area (Å²) in [6.07, 6.45) is 0. The summed E-state index contributed by atoms with van der Waals surface area (Å²) in [5.74, 6) is 0. The van der Waals surface area contributed by atoms with Crippen molar-refractivity contribution < 1.29 is 0 Å². The SMILES string of the molecule is CC.CC.CC.CC.CC.CC.c1cc2c3c(c1)-c1cccc4c1C31c3c-2cccc3-c2cccc-4c21. The largest absolute Gasteiger partial charge is 0.0749 e. The van der Waals surface area contributed by atoms with Crippen LogP contribution in [0.1, 0.15) is 105 Å². The minimum Gasteiger partial charge on any atom is -0.0683 e. The Morgan fingerprint density at radius 1 is 0.270 bits per heavy atom. The third-order valence-corrected chi connectivity index (χ3v) is 6.92. The van der Waals surface area contributed by atoms with E-state index in [4.69, 9.17) is 0 Å². The zero-order valence-corrected chi connectivity index (χ0v) is 25.4. The molecule has 0 saturated carbocycles. The zero-order chi connectivity index (χ0) is 27.9. The molecule has 0 fully saturated rings. The maximum Gasteiger partial charge on any atom is 0.0749 e. The van der Waals surface area contributed by atoms with Gasteiger partial charge in [-0.05, 0) is 66.8 Å². The van der Waals surface area contributed by atoms with Gasteiger partial charge in [-0.2, -0.15) is 0 Å². The summed E-state index contributed by atoms with van der Waals surface area (Å²) >= 11 is 0. The Bertz CT molecular complexity index is 1040. The highest BCUT2D eigenvalue weighted by molar-refractivity contribution is 6.12. The van der Waals surface area contributed by atoms with Gasteiger partial charge >= 0.3 is 0 Å². The van der Waals surface area contributed by atoms with Gasteiger partial charge in [-0.15, -0.1) is 0 Å². The van der Waals surface area contributed by atoms with Crippen molar-refractivity contribution in [2.24, 2.45) is 0 Å². The first-order chi connectivity index (χ1) is 18.4.